The Balaban J connectivity index is 1.79. The van der Waals surface area contributed by atoms with Crippen molar-refractivity contribution in [3.05, 3.63) is 23.3 Å². The summed E-state index contributed by atoms with van der Waals surface area (Å²) >= 11 is 0. The number of fused-ring (bicyclic) bond motifs is 1. The molecule has 0 unspecified atom stereocenters. The smallest absolute Gasteiger partial charge is 0.230 e. The molecular weight excluding hydrogens is 260 g/mol. The van der Waals surface area contributed by atoms with Gasteiger partial charge in [0.2, 0.25) is 5.91 Å². The zero-order valence-corrected chi connectivity index (χ0v) is 13.0. The van der Waals surface area contributed by atoms with Crippen LogP contribution in [0.1, 0.15) is 56.1 Å². The second-order valence-corrected chi connectivity index (χ2v) is 6.62. The van der Waals surface area contributed by atoms with Crippen molar-refractivity contribution in [3.8, 4) is 0 Å². The molecule has 114 valence electrons. The maximum atomic E-state index is 12.9. The summed E-state index contributed by atoms with van der Waals surface area (Å²) in [6.07, 6.45) is 9.40. The van der Waals surface area contributed by atoms with Crippen molar-refractivity contribution in [3.63, 3.8) is 0 Å². The molecule has 3 nitrogen and oxygen atoms in total. The highest BCUT2D eigenvalue weighted by atomic mass is 16.2. The molecule has 1 amide bonds. The van der Waals surface area contributed by atoms with E-state index in [1.165, 1.54) is 37.7 Å². The van der Waals surface area contributed by atoms with Crippen molar-refractivity contribution in [1.82, 2.24) is 0 Å². The van der Waals surface area contributed by atoms with E-state index in [0.717, 1.165) is 42.7 Å². The van der Waals surface area contributed by atoms with Crippen molar-refractivity contribution in [2.24, 2.45) is 5.92 Å². The fraction of sp³-hybridized carbons (Fsp3) is 0.611. The molecule has 0 saturated heterocycles. The zero-order chi connectivity index (χ0) is 14.8. The predicted octanol–water partition coefficient (Wildman–Crippen LogP) is 3.83. The van der Waals surface area contributed by atoms with E-state index >= 15 is 0 Å². The fourth-order valence-corrected chi connectivity index (χ4v) is 3.73. The molecular formula is C18H26N2O. The van der Waals surface area contributed by atoms with E-state index in [1.807, 2.05) is 17.9 Å². The van der Waals surface area contributed by atoms with E-state index in [0.29, 0.717) is 5.91 Å². The minimum absolute atomic E-state index is 0.221. The van der Waals surface area contributed by atoms with E-state index < -0.39 is 0 Å². The van der Waals surface area contributed by atoms with E-state index in [2.05, 4.69) is 6.07 Å². The van der Waals surface area contributed by atoms with Crippen LogP contribution in [0.4, 0.5) is 11.4 Å². The second kappa shape index (κ2) is 6.08. The fourth-order valence-electron chi connectivity index (χ4n) is 3.73. The largest absolute Gasteiger partial charge is 0.398 e. The Morgan fingerprint density at radius 3 is 2.52 bits per heavy atom. The van der Waals surface area contributed by atoms with Crippen LogP contribution in [0.25, 0.3) is 0 Å². The first-order valence-corrected chi connectivity index (χ1v) is 8.37. The number of carbonyl (C=O) groups excluding carboxylic acids is 1. The molecule has 3 heteroatoms. The van der Waals surface area contributed by atoms with E-state index in [9.17, 15) is 4.79 Å². The van der Waals surface area contributed by atoms with Gasteiger partial charge >= 0.3 is 0 Å². The number of rotatable bonds is 1. The van der Waals surface area contributed by atoms with Crippen molar-refractivity contribution >= 4 is 17.3 Å². The Kier molecular flexibility index (Phi) is 4.18. The van der Waals surface area contributed by atoms with Crippen molar-refractivity contribution in [2.75, 3.05) is 17.2 Å². The lowest BCUT2D eigenvalue weighted by Gasteiger charge is -2.25. The SMILES string of the molecule is Cc1cc2c(cc1N)N(C(=O)C1CCCCCCC1)CC2. The van der Waals surface area contributed by atoms with Gasteiger partial charge in [0.1, 0.15) is 0 Å². The summed E-state index contributed by atoms with van der Waals surface area (Å²) in [5.41, 5.74) is 10.3. The molecule has 0 atom stereocenters. The van der Waals surface area contributed by atoms with Crippen molar-refractivity contribution in [1.29, 1.82) is 0 Å². The van der Waals surface area contributed by atoms with Crippen LogP contribution in [-0.4, -0.2) is 12.5 Å². The quantitative estimate of drug-likeness (QED) is 0.798. The molecule has 1 aliphatic carbocycles. The third-order valence-electron chi connectivity index (χ3n) is 5.08. The average molecular weight is 286 g/mol. The van der Waals surface area contributed by atoms with E-state index in [4.69, 9.17) is 5.73 Å². The van der Waals surface area contributed by atoms with Gasteiger partial charge in [0.25, 0.3) is 0 Å². The number of aryl methyl sites for hydroxylation is 1. The number of hydrogen-bond acceptors (Lipinski definition) is 2. The molecule has 1 saturated carbocycles. The van der Waals surface area contributed by atoms with Gasteiger partial charge in [0.15, 0.2) is 0 Å². The predicted molar refractivity (Wildman–Crippen MR) is 87.5 cm³/mol. The lowest BCUT2D eigenvalue weighted by atomic mass is 9.90. The van der Waals surface area contributed by atoms with Crippen LogP contribution in [0.5, 0.6) is 0 Å². The minimum Gasteiger partial charge on any atom is -0.398 e. The van der Waals surface area contributed by atoms with Crippen LogP contribution in [0.3, 0.4) is 0 Å². The Morgan fingerprint density at radius 2 is 1.81 bits per heavy atom. The molecule has 3 rings (SSSR count). The molecule has 2 N–H and O–H groups in total. The first-order chi connectivity index (χ1) is 10.2. The van der Waals surface area contributed by atoms with Gasteiger partial charge in [-0.3, -0.25) is 4.79 Å². The highest BCUT2D eigenvalue weighted by Gasteiger charge is 2.30. The van der Waals surface area contributed by atoms with E-state index in [-0.39, 0.29) is 5.92 Å². The monoisotopic (exact) mass is 286 g/mol. The maximum absolute atomic E-state index is 12.9. The molecule has 0 bridgehead atoms. The third-order valence-corrected chi connectivity index (χ3v) is 5.08. The standard InChI is InChI=1S/C18H26N2O/c1-13-11-15-9-10-20(17(15)12-16(13)19)18(21)14-7-5-3-2-4-6-8-14/h11-12,14H,2-10,19H2,1H3. The topological polar surface area (TPSA) is 46.3 Å². The molecule has 0 aromatic heterocycles. The first kappa shape index (κ1) is 14.4. The lowest BCUT2D eigenvalue weighted by molar-refractivity contribution is -0.122. The Bertz CT molecular complexity index is 530. The Labute approximate surface area is 127 Å². The van der Waals surface area contributed by atoms with Gasteiger partial charge in [-0.05, 0) is 43.4 Å². The minimum atomic E-state index is 0.221. The van der Waals surface area contributed by atoms with Gasteiger partial charge in [0, 0.05) is 23.8 Å². The Hall–Kier alpha value is -1.51. The normalized spacial score (nSPS) is 20.0. The molecule has 1 fully saturated rings. The van der Waals surface area contributed by atoms with Gasteiger partial charge in [-0.15, -0.1) is 0 Å². The lowest BCUT2D eigenvalue weighted by Crippen LogP contribution is -2.35. The van der Waals surface area contributed by atoms with Crippen LogP contribution in [0.2, 0.25) is 0 Å². The summed E-state index contributed by atoms with van der Waals surface area (Å²) in [5, 5.41) is 0. The number of hydrogen-bond donors (Lipinski definition) is 1. The average Bonchev–Trinajstić information content (AvgIpc) is 2.81. The highest BCUT2D eigenvalue weighted by Crippen LogP contribution is 2.34. The van der Waals surface area contributed by atoms with Gasteiger partial charge in [-0.25, -0.2) is 0 Å². The number of carbonyl (C=O) groups is 1. The summed E-state index contributed by atoms with van der Waals surface area (Å²) in [5.74, 6) is 0.553. The molecule has 21 heavy (non-hydrogen) atoms. The van der Waals surface area contributed by atoms with Gasteiger partial charge < -0.3 is 10.6 Å². The number of amides is 1. The van der Waals surface area contributed by atoms with Crippen LogP contribution in [0, 0.1) is 12.8 Å². The van der Waals surface area contributed by atoms with Crippen LogP contribution in [-0.2, 0) is 11.2 Å². The summed E-state index contributed by atoms with van der Waals surface area (Å²) in [6.45, 7) is 2.86. The van der Waals surface area contributed by atoms with Gasteiger partial charge in [0.05, 0.1) is 0 Å². The first-order valence-electron chi connectivity index (χ1n) is 8.37. The van der Waals surface area contributed by atoms with Crippen molar-refractivity contribution < 1.29 is 4.79 Å². The highest BCUT2D eigenvalue weighted by molar-refractivity contribution is 5.97. The second-order valence-electron chi connectivity index (χ2n) is 6.62. The van der Waals surface area contributed by atoms with Crippen molar-refractivity contribution in [2.45, 2.75) is 58.3 Å². The summed E-state index contributed by atoms with van der Waals surface area (Å²) in [6, 6.07) is 4.15. The summed E-state index contributed by atoms with van der Waals surface area (Å²) in [4.78, 5) is 14.9. The zero-order valence-electron chi connectivity index (χ0n) is 13.0. The molecule has 1 heterocycles. The third kappa shape index (κ3) is 2.92. The Morgan fingerprint density at radius 1 is 1.14 bits per heavy atom. The van der Waals surface area contributed by atoms with Crippen LogP contribution < -0.4 is 10.6 Å². The molecule has 1 aliphatic heterocycles. The number of nitrogens with two attached hydrogens (primary N) is 1. The number of nitrogen functional groups attached to an aromatic ring is 1. The molecule has 0 radical (unpaired) electrons. The summed E-state index contributed by atoms with van der Waals surface area (Å²) < 4.78 is 0. The summed E-state index contributed by atoms with van der Waals surface area (Å²) in [7, 11) is 0. The number of benzene rings is 1. The molecule has 0 spiro atoms. The van der Waals surface area contributed by atoms with Gasteiger partial charge in [-0.2, -0.15) is 0 Å². The number of anilines is 2. The molecule has 1 aromatic rings. The van der Waals surface area contributed by atoms with Crippen LogP contribution in [0.15, 0.2) is 12.1 Å². The van der Waals surface area contributed by atoms with E-state index in [1.54, 1.807) is 0 Å². The van der Waals surface area contributed by atoms with Gasteiger partial charge in [-0.1, -0.05) is 38.2 Å². The number of nitrogens with zero attached hydrogens (tertiary/aromatic N) is 1. The maximum Gasteiger partial charge on any atom is 0.230 e. The van der Waals surface area contributed by atoms with Crippen LogP contribution >= 0.6 is 0 Å². The molecule has 1 aromatic carbocycles. The molecule has 2 aliphatic rings.